The summed E-state index contributed by atoms with van der Waals surface area (Å²) >= 11 is 0. The van der Waals surface area contributed by atoms with E-state index in [9.17, 15) is 5.11 Å². The van der Waals surface area contributed by atoms with Crippen LogP contribution in [0, 0.1) is 45.8 Å². The van der Waals surface area contributed by atoms with Gasteiger partial charge in [0.05, 0.1) is 17.8 Å². The van der Waals surface area contributed by atoms with Gasteiger partial charge >= 0.3 is 0 Å². The second-order valence-corrected chi connectivity index (χ2v) is 12.7. The first-order chi connectivity index (χ1) is 13.1. The van der Waals surface area contributed by atoms with E-state index in [1.807, 2.05) is 7.11 Å². The Morgan fingerprint density at radius 3 is 2.36 bits per heavy atom. The Kier molecular flexibility index (Phi) is 3.34. The van der Waals surface area contributed by atoms with Gasteiger partial charge in [-0.3, -0.25) is 0 Å². The molecule has 158 valence electrons. The van der Waals surface area contributed by atoms with Gasteiger partial charge in [0.15, 0.2) is 0 Å². The van der Waals surface area contributed by atoms with Gasteiger partial charge < -0.3 is 14.6 Å². The first-order valence-corrected chi connectivity index (χ1v) is 12.0. The molecule has 0 radical (unpaired) electrons. The Morgan fingerprint density at radius 2 is 1.68 bits per heavy atom. The summed E-state index contributed by atoms with van der Waals surface area (Å²) in [4.78, 5) is 0. The molecule has 0 amide bonds. The van der Waals surface area contributed by atoms with Gasteiger partial charge in [0.1, 0.15) is 5.60 Å². The van der Waals surface area contributed by atoms with E-state index in [1.54, 1.807) is 0 Å². The summed E-state index contributed by atoms with van der Waals surface area (Å²) in [7, 11) is 1.96. The van der Waals surface area contributed by atoms with E-state index in [0.717, 1.165) is 18.3 Å². The van der Waals surface area contributed by atoms with Crippen molar-refractivity contribution in [3.8, 4) is 0 Å². The van der Waals surface area contributed by atoms with Crippen molar-refractivity contribution in [3.05, 3.63) is 0 Å². The van der Waals surface area contributed by atoms with Crippen molar-refractivity contribution in [2.24, 2.45) is 45.8 Å². The van der Waals surface area contributed by atoms with Crippen LogP contribution in [0.4, 0.5) is 0 Å². The smallest absolute Gasteiger partial charge is 0.102 e. The molecule has 11 atom stereocenters. The Morgan fingerprint density at radius 1 is 0.964 bits per heavy atom. The quantitative estimate of drug-likeness (QED) is 0.701. The van der Waals surface area contributed by atoms with Gasteiger partial charge in [0.2, 0.25) is 0 Å². The first kappa shape index (κ1) is 18.6. The topological polar surface area (TPSA) is 38.7 Å². The number of methoxy groups -OCH3 is 1. The summed E-state index contributed by atoms with van der Waals surface area (Å²) < 4.78 is 12.8. The highest BCUT2D eigenvalue weighted by Crippen LogP contribution is 2.82. The third-order valence-electron chi connectivity index (χ3n) is 12.2. The maximum atomic E-state index is 12.2. The molecule has 0 aromatic rings. The van der Waals surface area contributed by atoms with Crippen LogP contribution in [0.3, 0.4) is 0 Å². The van der Waals surface area contributed by atoms with Crippen molar-refractivity contribution in [1.82, 2.24) is 0 Å². The number of hydrogen-bond acceptors (Lipinski definition) is 3. The van der Waals surface area contributed by atoms with Crippen molar-refractivity contribution in [1.29, 1.82) is 0 Å². The van der Waals surface area contributed by atoms with Gasteiger partial charge in [-0.05, 0) is 87.9 Å². The minimum atomic E-state index is -0.678. The van der Waals surface area contributed by atoms with Crippen LogP contribution in [0.15, 0.2) is 0 Å². The zero-order valence-corrected chi connectivity index (χ0v) is 18.8. The molecule has 6 fully saturated rings. The Hall–Kier alpha value is -0.120. The van der Waals surface area contributed by atoms with Gasteiger partial charge in [0.25, 0.3) is 0 Å². The fraction of sp³-hybridized carbons (Fsp3) is 1.00. The summed E-state index contributed by atoms with van der Waals surface area (Å²) in [6, 6.07) is 0. The van der Waals surface area contributed by atoms with Crippen molar-refractivity contribution < 1.29 is 14.6 Å². The largest absolute Gasteiger partial charge is 0.386 e. The molecule has 1 N–H and O–H groups in total. The van der Waals surface area contributed by atoms with E-state index >= 15 is 0 Å². The zero-order chi connectivity index (χ0) is 19.9. The predicted octanol–water partition coefficient (Wildman–Crippen LogP) is 4.81. The third kappa shape index (κ3) is 1.67. The molecule has 5 aliphatic carbocycles. The lowest BCUT2D eigenvalue weighted by atomic mass is 9.44. The second-order valence-electron chi connectivity index (χ2n) is 12.7. The minimum absolute atomic E-state index is 0.00758. The van der Waals surface area contributed by atoms with Crippen LogP contribution in [0.25, 0.3) is 0 Å². The van der Waals surface area contributed by atoms with Crippen LogP contribution >= 0.6 is 0 Å². The lowest BCUT2D eigenvalue weighted by Gasteiger charge is -2.61. The summed E-state index contributed by atoms with van der Waals surface area (Å²) in [6.45, 7) is 11.6. The molecule has 3 nitrogen and oxygen atoms in total. The lowest BCUT2D eigenvalue weighted by Crippen LogP contribution is -2.61. The van der Waals surface area contributed by atoms with Gasteiger partial charge in [0, 0.05) is 23.9 Å². The first-order valence-electron chi connectivity index (χ1n) is 12.0. The van der Waals surface area contributed by atoms with Gasteiger partial charge in [-0.1, -0.05) is 20.8 Å². The van der Waals surface area contributed by atoms with Crippen molar-refractivity contribution in [2.45, 2.75) is 103 Å². The normalized spacial score (nSPS) is 65.9. The maximum absolute atomic E-state index is 12.2. The Bertz CT molecular complexity index is 719. The molecule has 28 heavy (non-hydrogen) atoms. The van der Waals surface area contributed by atoms with E-state index in [4.69, 9.17) is 9.47 Å². The maximum Gasteiger partial charge on any atom is 0.102 e. The Balaban J connectivity index is 1.40. The standard InChI is InChI=1S/C25H40O3/c1-14-21(2,3)28-20-12-18-16-11-19(27-6)24-13-15(24)7-9-22(24,4)17(16)8-10-23(18,5)25(14,20)26/h14-20,26H,7-13H2,1-6H3/t14-,15-,16-,17+,18+,19-,20+,22-,23+,24+,25-/m1/s1. The summed E-state index contributed by atoms with van der Waals surface area (Å²) in [6.07, 6.45) is 9.39. The molecule has 6 aliphatic rings. The van der Waals surface area contributed by atoms with E-state index in [-0.39, 0.29) is 23.0 Å². The predicted molar refractivity (Wildman–Crippen MR) is 109 cm³/mol. The lowest BCUT2D eigenvalue weighted by molar-refractivity contribution is -0.189. The number of ether oxygens (including phenoxy) is 2. The molecule has 0 aromatic carbocycles. The molecule has 0 bridgehead atoms. The molecule has 1 saturated heterocycles. The number of aliphatic hydroxyl groups is 1. The van der Waals surface area contributed by atoms with Crippen LogP contribution in [-0.4, -0.2) is 35.6 Å². The number of rotatable bonds is 1. The van der Waals surface area contributed by atoms with E-state index in [2.05, 4.69) is 34.6 Å². The monoisotopic (exact) mass is 388 g/mol. The van der Waals surface area contributed by atoms with Crippen LogP contribution in [-0.2, 0) is 9.47 Å². The average molecular weight is 389 g/mol. The molecule has 1 heterocycles. The van der Waals surface area contributed by atoms with Crippen molar-refractivity contribution >= 4 is 0 Å². The summed E-state index contributed by atoms with van der Waals surface area (Å²) in [5, 5.41) is 12.2. The average Bonchev–Trinajstić information content (AvgIpc) is 3.18. The number of fused-ring (bicyclic) bond motifs is 6. The molecule has 0 unspecified atom stereocenters. The second kappa shape index (κ2) is 5.02. The molecule has 6 rings (SSSR count). The summed E-state index contributed by atoms with van der Waals surface area (Å²) in [5.41, 5.74) is 0.00629. The molecular weight excluding hydrogens is 348 g/mol. The molecule has 0 aromatic heterocycles. The summed E-state index contributed by atoms with van der Waals surface area (Å²) in [5.74, 6) is 3.18. The molecule has 1 spiro atoms. The Labute approximate surface area is 170 Å². The van der Waals surface area contributed by atoms with E-state index < -0.39 is 5.60 Å². The highest BCUT2D eigenvalue weighted by atomic mass is 16.5. The van der Waals surface area contributed by atoms with Gasteiger partial charge in [-0.2, -0.15) is 0 Å². The fourth-order valence-corrected chi connectivity index (χ4v) is 10.5. The molecule has 1 aliphatic heterocycles. The molecule has 5 saturated carbocycles. The van der Waals surface area contributed by atoms with Crippen LogP contribution in [0.1, 0.15) is 79.6 Å². The highest BCUT2D eigenvalue weighted by molar-refractivity contribution is 5.28. The van der Waals surface area contributed by atoms with Crippen LogP contribution < -0.4 is 0 Å². The number of hydrogen-bond donors (Lipinski definition) is 1. The molecule has 3 heteroatoms. The van der Waals surface area contributed by atoms with Crippen molar-refractivity contribution in [2.75, 3.05) is 7.11 Å². The SMILES string of the molecule is CO[C@@H]1C[C@H]2[C@@H]3C[C@@H]4OC(C)(C)[C@@H](C)[C@]4(O)[C@@]3(C)CC[C@@H]2[C@@]2(C)CC[C@@H]3C[C@]312. The highest BCUT2D eigenvalue weighted by Gasteiger charge is 2.80. The third-order valence-corrected chi connectivity index (χ3v) is 12.2. The zero-order valence-electron chi connectivity index (χ0n) is 18.8. The minimum Gasteiger partial charge on any atom is -0.386 e. The van der Waals surface area contributed by atoms with Crippen LogP contribution in [0.5, 0.6) is 0 Å². The fourth-order valence-electron chi connectivity index (χ4n) is 10.5. The van der Waals surface area contributed by atoms with Gasteiger partial charge in [-0.25, -0.2) is 0 Å². The van der Waals surface area contributed by atoms with E-state index in [1.165, 1.54) is 38.5 Å². The molecular formula is C25H40O3. The van der Waals surface area contributed by atoms with Crippen LogP contribution in [0.2, 0.25) is 0 Å². The van der Waals surface area contributed by atoms with Gasteiger partial charge in [-0.15, -0.1) is 0 Å². The van der Waals surface area contributed by atoms with Crippen molar-refractivity contribution in [3.63, 3.8) is 0 Å². The van der Waals surface area contributed by atoms with E-state index in [0.29, 0.717) is 28.8 Å².